The zero-order valence-electron chi connectivity index (χ0n) is 18.8. The van der Waals surface area contributed by atoms with Gasteiger partial charge in [0, 0.05) is 42.9 Å². The van der Waals surface area contributed by atoms with Crippen molar-refractivity contribution in [2.45, 2.75) is 40.2 Å². The fourth-order valence-electron chi connectivity index (χ4n) is 3.60. The summed E-state index contributed by atoms with van der Waals surface area (Å²) in [6.07, 6.45) is 2.00. The lowest BCUT2D eigenvalue weighted by Crippen LogP contribution is -2.33. The molecule has 2 amide bonds. The maximum atomic E-state index is 12.6. The van der Waals surface area contributed by atoms with Crippen LogP contribution in [-0.2, 0) is 11.3 Å². The normalized spacial score (nSPS) is 14.3. The molecule has 0 aliphatic carbocycles. The second-order valence-electron chi connectivity index (χ2n) is 8.65. The summed E-state index contributed by atoms with van der Waals surface area (Å²) in [6.45, 7) is 7.67. The van der Waals surface area contributed by atoms with E-state index >= 15 is 0 Å². The van der Waals surface area contributed by atoms with Gasteiger partial charge in [-0.3, -0.25) is 19.7 Å². The Labute approximate surface area is 188 Å². The highest BCUT2D eigenvalue weighted by Gasteiger charge is 2.24. The van der Waals surface area contributed by atoms with Crippen LogP contribution in [0.5, 0.6) is 0 Å². The first-order chi connectivity index (χ1) is 15.2. The Balaban J connectivity index is 1.64. The van der Waals surface area contributed by atoms with Crippen molar-refractivity contribution in [2.75, 3.05) is 23.3 Å². The number of nitrogens with one attached hydrogen (secondary N) is 2. The lowest BCUT2D eigenvalue weighted by atomic mass is 9.98. The summed E-state index contributed by atoms with van der Waals surface area (Å²) < 4.78 is 0. The van der Waals surface area contributed by atoms with E-state index in [0.29, 0.717) is 17.3 Å². The second kappa shape index (κ2) is 10.3. The van der Waals surface area contributed by atoms with E-state index in [9.17, 15) is 19.7 Å². The zero-order chi connectivity index (χ0) is 23.3. The van der Waals surface area contributed by atoms with Crippen LogP contribution in [0.25, 0.3) is 0 Å². The molecular weight excluding hydrogens is 408 g/mol. The summed E-state index contributed by atoms with van der Waals surface area (Å²) in [5.41, 5.74) is 2.33. The number of nitro groups is 1. The SMILES string of the molecule is CC1CCN(c2ccc(C(=O)NCc3ccc(NC(=O)C(C)C)cc3)cc2[N+](=O)[O-])CC1. The van der Waals surface area contributed by atoms with E-state index in [4.69, 9.17) is 0 Å². The maximum Gasteiger partial charge on any atom is 0.293 e. The van der Waals surface area contributed by atoms with Gasteiger partial charge in [0.25, 0.3) is 11.6 Å². The number of piperidine rings is 1. The predicted octanol–water partition coefficient (Wildman–Crippen LogP) is 4.36. The molecule has 0 saturated carbocycles. The molecule has 32 heavy (non-hydrogen) atoms. The first-order valence-corrected chi connectivity index (χ1v) is 11.0. The van der Waals surface area contributed by atoms with Crippen molar-refractivity contribution in [3.05, 3.63) is 63.7 Å². The van der Waals surface area contributed by atoms with Crippen molar-refractivity contribution in [3.8, 4) is 0 Å². The Morgan fingerprint density at radius 3 is 2.38 bits per heavy atom. The van der Waals surface area contributed by atoms with Gasteiger partial charge in [0.1, 0.15) is 5.69 Å². The Kier molecular flexibility index (Phi) is 7.45. The summed E-state index contributed by atoms with van der Waals surface area (Å²) in [6, 6.07) is 11.9. The molecule has 0 radical (unpaired) electrons. The van der Waals surface area contributed by atoms with E-state index in [1.165, 1.54) is 6.07 Å². The van der Waals surface area contributed by atoms with Crippen molar-refractivity contribution in [1.29, 1.82) is 0 Å². The van der Waals surface area contributed by atoms with Gasteiger partial charge < -0.3 is 15.5 Å². The molecule has 0 aromatic heterocycles. The number of anilines is 2. The molecule has 0 bridgehead atoms. The first-order valence-electron chi connectivity index (χ1n) is 11.0. The fraction of sp³-hybridized carbons (Fsp3) is 0.417. The Morgan fingerprint density at radius 2 is 1.78 bits per heavy atom. The number of amides is 2. The van der Waals surface area contributed by atoms with Crippen LogP contribution < -0.4 is 15.5 Å². The number of nitrogens with zero attached hydrogens (tertiary/aromatic N) is 2. The van der Waals surface area contributed by atoms with Crippen molar-refractivity contribution < 1.29 is 14.5 Å². The molecule has 1 saturated heterocycles. The number of rotatable bonds is 7. The third kappa shape index (κ3) is 5.84. The molecule has 1 aliphatic rings. The molecule has 1 aliphatic heterocycles. The molecule has 0 unspecified atom stereocenters. The summed E-state index contributed by atoms with van der Waals surface area (Å²) in [4.78, 5) is 37.6. The summed E-state index contributed by atoms with van der Waals surface area (Å²) >= 11 is 0. The fourth-order valence-corrected chi connectivity index (χ4v) is 3.60. The molecule has 2 aromatic rings. The Morgan fingerprint density at radius 1 is 1.12 bits per heavy atom. The Hall–Kier alpha value is -3.42. The van der Waals surface area contributed by atoms with Gasteiger partial charge in [-0.2, -0.15) is 0 Å². The second-order valence-corrected chi connectivity index (χ2v) is 8.65. The van der Waals surface area contributed by atoms with Crippen LogP contribution in [0, 0.1) is 22.0 Å². The molecule has 8 heteroatoms. The number of carbonyl (C=O) groups excluding carboxylic acids is 2. The van der Waals surface area contributed by atoms with E-state index in [-0.39, 0.29) is 35.5 Å². The van der Waals surface area contributed by atoms with Crippen molar-refractivity contribution in [2.24, 2.45) is 11.8 Å². The topological polar surface area (TPSA) is 105 Å². The van der Waals surface area contributed by atoms with Gasteiger partial charge in [0.05, 0.1) is 4.92 Å². The molecule has 170 valence electrons. The monoisotopic (exact) mass is 438 g/mol. The lowest BCUT2D eigenvalue weighted by Gasteiger charge is -2.31. The number of hydrogen-bond acceptors (Lipinski definition) is 5. The molecule has 3 rings (SSSR count). The number of hydrogen-bond donors (Lipinski definition) is 2. The van der Waals surface area contributed by atoms with Crippen LogP contribution in [0.15, 0.2) is 42.5 Å². The van der Waals surface area contributed by atoms with E-state index in [1.807, 2.05) is 30.9 Å². The predicted molar refractivity (Wildman–Crippen MR) is 125 cm³/mol. The Bertz CT molecular complexity index is 980. The lowest BCUT2D eigenvalue weighted by molar-refractivity contribution is -0.384. The average molecular weight is 439 g/mol. The van der Waals surface area contributed by atoms with E-state index in [0.717, 1.165) is 31.5 Å². The highest BCUT2D eigenvalue weighted by molar-refractivity contribution is 5.96. The highest BCUT2D eigenvalue weighted by atomic mass is 16.6. The van der Waals surface area contributed by atoms with Crippen LogP contribution in [0.1, 0.15) is 49.5 Å². The molecule has 1 heterocycles. The summed E-state index contributed by atoms with van der Waals surface area (Å²) in [5.74, 6) is 0.0815. The molecule has 8 nitrogen and oxygen atoms in total. The zero-order valence-corrected chi connectivity index (χ0v) is 18.8. The van der Waals surface area contributed by atoms with Crippen LogP contribution in [0.3, 0.4) is 0 Å². The average Bonchev–Trinajstić information content (AvgIpc) is 2.78. The maximum absolute atomic E-state index is 12.6. The van der Waals surface area contributed by atoms with E-state index < -0.39 is 4.92 Å². The van der Waals surface area contributed by atoms with E-state index in [2.05, 4.69) is 17.6 Å². The minimum Gasteiger partial charge on any atom is -0.366 e. The number of benzene rings is 2. The van der Waals surface area contributed by atoms with Gasteiger partial charge in [-0.1, -0.05) is 32.9 Å². The van der Waals surface area contributed by atoms with Gasteiger partial charge in [-0.05, 0) is 48.6 Å². The largest absolute Gasteiger partial charge is 0.366 e. The standard InChI is InChI=1S/C24H30N4O4/c1-16(2)23(29)26-20-7-4-18(5-8-20)15-25-24(30)19-6-9-21(22(14-19)28(31)32)27-12-10-17(3)11-13-27/h4-9,14,16-17H,10-13,15H2,1-3H3,(H,25,30)(H,26,29). The number of carbonyl (C=O) groups is 2. The molecule has 1 fully saturated rings. The molecular formula is C24H30N4O4. The van der Waals surface area contributed by atoms with Gasteiger partial charge >= 0.3 is 0 Å². The third-order valence-corrected chi connectivity index (χ3v) is 5.76. The quantitative estimate of drug-likeness (QED) is 0.494. The van der Waals surface area contributed by atoms with Gasteiger partial charge in [-0.25, -0.2) is 0 Å². The molecule has 0 atom stereocenters. The van der Waals surface area contributed by atoms with Crippen LogP contribution in [0.2, 0.25) is 0 Å². The summed E-state index contributed by atoms with van der Waals surface area (Å²) in [5, 5.41) is 17.3. The molecule has 2 aromatic carbocycles. The van der Waals surface area contributed by atoms with Crippen molar-refractivity contribution in [3.63, 3.8) is 0 Å². The minimum absolute atomic E-state index is 0.0440. The smallest absolute Gasteiger partial charge is 0.293 e. The van der Waals surface area contributed by atoms with Gasteiger partial charge in [0.2, 0.25) is 5.91 Å². The van der Waals surface area contributed by atoms with Crippen LogP contribution >= 0.6 is 0 Å². The van der Waals surface area contributed by atoms with Gasteiger partial charge in [-0.15, -0.1) is 0 Å². The molecule has 2 N–H and O–H groups in total. The van der Waals surface area contributed by atoms with Crippen molar-refractivity contribution >= 4 is 28.9 Å². The van der Waals surface area contributed by atoms with Crippen molar-refractivity contribution in [1.82, 2.24) is 5.32 Å². The van der Waals surface area contributed by atoms with Gasteiger partial charge in [0.15, 0.2) is 0 Å². The molecule has 0 spiro atoms. The third-order valence-electron chi connectivity index (χ3n) is 5.76. The summed E-state index contributed by atoms with van der Waals surface area (Å²) in [7, 11) is 0. The highest BCUT2D eigenvalue weighted by Crippen LogP contribution is 2.32. The number of nitro benzene ring substituents is 1. The van der Waals surface area contributed by atoms with Crippen LogP contribution in [-0.4, -0.2) is 29.8 Å². The first kappa shape index (κ1) is 23.2. The minimum atomic E-state index is -0.422. The van der Waals surface area contributed by atoms with E-state index in [1.54, 1.807) is 24.3 Å². The van der Waals surface area contributed by atoms with Crippen LogP contribution in [0.4, 0.5) is 17.1 Å².